The van der Waals surface area contributed by atoms with Crippen LogP contribution in [0.15, 0.2) is 66.9 Å². The maximum absolute atomic E-state index is 4.60. The summed E-state index contributed by atoms with van der Waals surface area (Å²) in [6.45, 7) is 0. The molecule has 0 N–H and O–H groups in total. The van der Waals surface area contributed by atoms with Gasteiger partial charge in [0.1, 0.15) is 0 Å². The van der Waals surface area contributed by atoms with E-state index in [0.29, 0.717) is 0 Å². The second kappa shape index (κ2) is 4.06. The van der Waals surface area contributed by atoms with Crippen molar-refractivity contribution in [1.82, 2.24) is 4.98 Å². The van der Waals surface area contributed by atoms with E-state index in [1.165, 1.54) is 27.8 Å². The van der Waals surface area contributed by atoms with E-state index in [1.807, 2.05) is 12.3 Å². The van der Waals surface area contributed by atoms with Crippen molar-refractivity contribution >= 4 is 0 Å². The molecule has 1 aliphatic carbocycles. The second-order valence-electron chi connectivity index (χ2n) is 4.89. The Morgan fingerprint density at radius 1 is 0.632 bits per heavy atom. The number of fused-ring (bicyclic) bond motifs is 5. The molecule has 3 aromatic rings. The van der Waals surface area contributed by atoms with Crippen molar-refractivity contribution in [3.63, 3.8) is 0 Å². The molecule has 1 heterocycles. The predicted octanol–water partition coefficient (Wildman–Crippen LogP) is 4.32. The summed E-state index contributed by atoms with van der Waals surface area (Å²) in [5.74, 6) is 0. The first-order valence-corrected chi connectivity index (χ1v) is 6.55. The van der Waals surface area contributed by atoms with Crippen LogP contribution in [0.25, 0.3) is 22.4 Å². The summed E-state index contributed by atoms with van der Waals surface area (Å²) >= 11 is 0. The van der Waals surface area contributed by atoms with Crippen LogP contribution in [0, 0.1) is 0 Å². The molecule has 1 nitrogen and oxygen atoms in total. The molecular weight excluding hydrogens is 230 g/mol. The molecular formula is C18H13N. The summed E-state index contributed by atoms with van der Waals surface area (Å²) in [6.07, 6.45) is 2.83. The van der Waals surface area contributed by atoms with Gasteiger partial charge in [0.2, 0.25) is 0 Å². The van der Waals surface area contributed by atoms with Gasteiger partial charge in [-0.15, -0.1) is 0 Å². The van der Waals surface area contributed by atoms with E-state index in [-0.39, 0.29) is 0 Å². The van der Waals surface area contributed by atoms with Gasteiger partial charge in [-0.05, 0) is 28.3 Å². The summed E-state index contributed by atoms with van der Waals surface area (Å²) in [5, 5.41) is 0. The Morgan fingerprint density at radius 2 is 1.32 bits per heavy atom. The van der Waals surface area contributed by atoms with Crippen molar-refractivity contribution < 1.29 is 0 Å². The Hall–Kier alpha value is -2.41. The van der Waals surface area contributed by atoms with Gasteiger partial charge in [0, 0.05) is 18.2 Å². The molecule has 0 aliphatic heterocycles. The lowest BCUT2D eigenvalue weighted by atomic mass is 9.96. The average Bonchev–Trinajstić information content (AvgIpc) is 2.62. The number of hydrogen-bond donors (Lipinski definition) is 0. The van der Waals surface area contributed by atoms with Crippen LogP contribution in [0.2, 0.25) is 0 Å². The summed E-state index contributed by atoms with van der Waals surface area (Å²) < 4.78 is 0. The summed E-state index contributed by atoms with van der Waals surface area (Å²) in [6, 6.07) is 21.4. The van der Waals surface area contributed by atoms with Crippen LogP contribution in [0.3, 0.4) is 0 Å². The van der Waals surface area contributed by atoms with Gasteiger partial charge in [0.15, 0.2) is 0 Å². The van der Waals surface area contributed by atoms with Gasteiger partial charge in [-0.3, -0.25) is 4.98 Å². The van der Waals surface area contributed by atoms with Crippen molar-refractivity contribution in [2.24, 2.45) is 0 Å². The maximum atomic E-state index is 4.60. The number of nitrogens with zero attached hydrogens (tertiary/aromatic N) is 1. The highest BCUT2D eigenvalue weighted by Gasteiger charge is 2.18. The van der Waals surface area contributed by atoms with Crippen LogP contribution in [-0.2, 0) is 6.42 Å². The van der Waals surface area contributed by atoms with Gasteiger partial charge in [0.05, 0.1) is 5.69 Å². The Bertz CT molecular complexity index is 694. The molecule has 0 amide bonds. The van der Waals surface area contributed by atoms with Crippen LogP contribution in [0.1, 0.15) is 11.1 Å². The fourth-order valence-corrected chi connectivity index (χ4v) is 2.89. The lowest BCUT2D eigenvalue weighted by molar-refractivity contribution is 1.17. The molecule has 0 spiro atoms. The van der Waals surface area contributed by atoms with Crippen molar-refractivity contribution in [1.29, 1.82) is 0 Å². The Labute approximate surface area is 112 Å². The van der Waals surface area contributed by atoms with Gasteiger partial charge in [-0.1, -0.05) is 54.6 Å². The monoisotopic (exact) mass is 243 g/mol. The third-order valence-electron chi connectivity index (χ3n) is 3.76. The van der Waals surface area contributed by atoms with Crippen LogP contribution < -0.4 is 0 Å². The largest absolute Gasteiger partial charge is 0.256 e. The van der Waals surface area contributed by atoms with E-state index >= 15 is 0 Å². The highest BCUT2D eigenvalue weighted by molar-refractivity contribution is 5.86. The normalized spacial score (nSPS) is 12.0. The van der Waals surface area contributed by atoms with E-state index in [4.69, 9.17) is 0 Å². The average molecular weight is 243 g/mol. The summed E-state index contributed by atoms with van der Waals surface area (Å²) in [5.41, 5.74) is 7.66. The summed E-state index contributed by atoms with van der Waals surface area (Å²) in [4.78, 5) is 4.60. The van der Waals surface area contributed by atoms with Crippen LogP contribution in [0.4, 0.5) is 0 Å². The highest BCUT2D eigenvalue weighted by Crippen LogP contribution is 2.38. The van der Waals surface area contributed by atoms with Gasteiger partial charge < -0.3 is 0 Å². The number of pyridine rings is 1. The SMILES string of the molecule is c1ccc2c(c1)Cc1cccnc1-c1ccccc1-2. The third kappa shape index (κ3) is 1.59. The first-order valence-electron chi connectivity index (χ1n) is 6.55. The lowest BCUT2D eigenvalue weighted by Gasteiger charge is -2.08. The zero-order valence-corrected chi connectivity index (χ0v) is 10.5. The quantitative estimate of drug-likeness (QED) is 0.448. The van der Waals surface area contributed by atoms with Crippen LogP contribution in [0.5, 0.6) is 0 Å². The predicted molar refractivity (Wildman–Crippen MR) is 77.9 cm³/mol. The zero-order valence-electron chi connectivity index (χ0n) is 10.5. The molecule has 19 heavy (non-hydrogen) atoms. The van der Waals surface area contributed by atoms with Gasteiger partial charge in [-0.25, -0.2) is 0 Å². The van der Waals surface area contributed by atoms with E-state index in [0.717, 1.165) is 12.1 Å². The molecule has 0 saturated heterocycles. The highest BCUT2D eigenvalue weighted by atomic mass is 14.7. The molecule has 90 valence electrons. The van der Waals surface area contributed by atoms with Gasteiger partial charge >= 0.3 is 0 Å². The zero-order chi connectivity index (χ0) is 12.7. The Kier molecular flexibility index (Phi) is 2.25. The van der Waals surface area contributed by atoms with Gasteiger partial charge in [0.25, 0.3) is 0 Å². The minimum atomic E-state index is 0.952. The van der Waals surface area contributed by atoms with Crippen LogP contribution >= 0.6 is 0 Å². The molecule has 0 saturated carbocycles. The van der Waals surface area contributed by atoms with E-state index in [9.17, 15) is 0 Å². The van der Waals surface area contributed by atoms with Crippen LogP contribution in [-0.4, -0.2) is 4.98 Å². The molecule has 0 radical (unpaired) electrons. The lowest BCUT2D eigenvalue weighted by Crippen LogP contribution is -1.91. The molecule has 1 heteroatoms. The standard InChI is InChI=1S/C18H13N/c1-2-8-15-13(6-1)12-14-7-5-11-19-18(14)17-10-4-3-9-16(15)17/h1-11H,12H2. The number of benzene rings is 2. The molecule has 0 unspecified atom stereocenters. The Morgan fingerprint density at radius 3 is 2.21 bits per heavy atom. The second-order valence-corrected chi connectivity index (χ2v) is 4.89. The third-order valence-corrected chi connectivity index (χ3v) is 3.76. The molecule has 0 fully saturated rings. The smallest absolute Gasteiger partial charge is 0.0743 e. The number of aromatic nitrogens is 1. The minimum absolute atomic E-state index is 0.952. The maximum Gasteiger partial charge on any atom is 0.0743 e. The topological polar surface area (TPSA) is 12.9 Å². The van der Waals surface area contributed by atoms with Crippen molar-refractivity contribution in [3.05, 3.63) is 78.0 Å². The fraction of sp³-hybridized carbons (Fsp3) is 0.0556. The molecule has 0 bridgehead atoms. The first kappa shape index (κ1) is 10.5. The van der Waals surface area contributed by atoms with Crippen molar-refractivity contribution in [2.45, 2.75) is 6.42 Å². The molecule has 2 aromatic carbocycles. The van der Waals surface area contributed by atoms with Crippen molar-refractivity contribution in [2.75, 3.05) is 0 Å². The van der Waals surface area contributed by atoms with Crippen molar-refractivity contribution in [3.8, 4) is 22.4 Å². The number of rotatable bonds is 0. The Balaban J connectivity index is 2.13. The minimum Gasteiger partial charge on any atom is -0.256 e. The van der Waals surface area contributed by atoms with E-state index in [1.54, 1.807) is 0 Å². The number of hydrogen-bond acceptors (Lipinski definition) is 1. The fourth-order valence-electron chi connectivity index (χ4n) is 2.89. The van der Waals surface area contributed by atoms with E-state index in [2.05, 4.69) is 59.6 Å². The summed E-state index contributed by atoms with van der Waals surface area (Å²) in [7, 11) is 0. The molecule has 4 rings (SSSR count). The van der Waals surface area contributed by atoms with E-state index < -0.39 is 0 Å². The van der Waals surface area contributed by atoms with Gasteiger partial charge in [-0.2, -0.15) is 0 Å². The first-order chi connectivity index (χ1) is 9.43. The molecule has 1 aromatic heterocycles. The molecule has 0 atom stereocenters. The molecule has 1 aliphatic rings.